The molecule has 1 aromatic heterocycles. The minimum absolute atomic E-state index is 0.126. The Morgan fingerprint density at radius 2 is 1.75 bits per heavy atom. The number of hydrogen-bond donors (Lipinski definition) is 1. The number of halogens is 5. The van der Waals surface area contributed by atoms with Crippen molar-refractivity contribution in [2.45, 2.75) is 88.4 Å². The van der Waals surface area contributed by atoms with Crippen LogP contribution in [0.1, 0.15) is 89.7 Å². The van der Waals surface area contributed by atoms with E-state index in [2.05, 4.69) is 28.0 Å². The molecule has 1 N–H and O–H groups in total. The fraction of sp³-hybridized carbons (Fsp3) is 0.489. The Hall–Kier alpha value is -5.02. The van der Waals surface area contributed by atoms with E-state index in [-0.39, 0.29) is 33.2 Å². The third kappa shape index (κ3) is 6.45. The lowest BCUT2D eigenvalue weighted by atomic mass is 9.73. The number of aromatic nitrogens is 2. The van der Waals surface area contributed by atoms with E-state index in [9.17, 15) is 22.9 Å². The van der Waals surface area contributed by atoms with Crippen LogP contribution in [0.2, 0.25) is 0 Å². The molecule has 316 valence electrons. The summed E-state index contributed by atoms with van der Waals surface area (Å²) in [5, 5.41) is 7.02. The number of carbonyl (C=O) groups is 2. The highest BCUT2D eigenvalue weighted by molar-refractivity contribution is 6.02. The summed E-state index contributed by atoms with van der Waals surface area (Å²) in [6, 6.07) is 7.55. The van der Waals surface area contributed by atoms with Crippen LogP contribution in [0, 0.1) is 17.6 Å². The maximum atomic E-state index is 16.3. The maximum Gasteiger partial charge on any atom is 0.255 e. The first-order valence-corrected chi connectivity index (χ1v) is 21.1. The Morgan fingerprint density at radius 1 is 1.00 bits per heavy atom. The van der Waals surface area contributed by atoms with Gasteiger partial charge in [-0.25, -0.2) is 17.6 Å². The molecule has 7 heterocycles. The summed E-state index contributed by atoms with van der Waals surface area (Å²) in [6.45, 7) is 9.88. The molecule has 10 nitrogen and oxygen atoms in total. The van der Waals surface area contributed by atoms with Crippen molar-refractivity contribution >= 4 is 28.4 Å². The van der Waals surface area contributed by atoms with Crippen LogP contribution < -0.4 is 15.0 Å². The fourth-order valence-electron chi connectivity index (χ4n) is 11.1. The molecule has 3 fully saturated rings. The monoisotopic (exact) mass is 829 g/mol. The van der Waals surface area contributed by atoms with Gasteiger partial charge in [0.1, 0.15) is 28.9 Å². The average molecular weight is 830 g/mol. The van der Waals surface area contributed by atoms with Crippen LogP contribution in [-0.4, -0.2) is 101 Å². The van der Waals surface area contributed by atoms with E-state index in [0.29, 0.717) is 84.9 Å². The van der Waals surface area contributed by atoms with Crippen LogP contribution in [0.15, 0.2) is 54.9 Å². The number of allylic oxidation sites excluding steroid dienone is 1. The third-order valence-electron chi connectivity index (χ3n) is 14.4. The first-order valence-electron chi connectivity index (χ1n) is 21.1. The maximum absolute atomic E-state index is 16.3. The minimum atomic E-state index is -2.72. The summed E-state index contributed by atoms with van der Waals surface area (Å²) in [4.78, 5) is 34.1. The highest BCUT2D eigenvalue weighted by Gasteiger charge is 2.48. The Balaban J connectivity index is 0.787. The minimum Gasteiger partial charge on any atom is -0.492 e. The smallest absolute Gasteiger partial charge is 0.255 e. The van der Waals surface area contributed by atoms with E-state index < -0.39 is 42.7 Å². The summed E-state index contributed by atoms with van der Waals surface area (Å²) in [5.74, 6) is -0.687. The van der Waals surface area contributed by atoms with E-state index in [1.807, 2.05) is 11.0 Å². The largest absolute Gasteiger partial charge is 0.492 e. The third-order valence-corrected chi connectivity index (χ3v) is 14.4. The number of carbonyl (C=O) groups excluding carboxylic acids is 2. The van der Waals surface area contributed by atoms with Gasteiger partial charge in [-0.3, -0.25) is 14.5 Å². The second-order valence-electron chi connectivity index (χ2n) is 17.8. The second-order valence-corrected chi connectivity index (χ2v) is 17.8. The van der Waals surface area contributed by atoms with Gasteiger partial charge in [0.15, 0.2) is 0 Å². The molecular formula is C45H48F5N7O3. The molecule has 0 bridgehead atoms. The lowest BCUT2D eigenvalue weighted by Gasteiger charge is -2.43. The summed E-state index contributed by atoms with van der Waals surface area (Å²) in [7, 11) is 0. The first-order chi connectivity index (χ1) is 28.9. The number of likely N-dealkylation sites (tertiary alicyclic amines) is 1. The zero-order valence-electron chi connectivity index (χ0n) is 33.5. The molecule has 2 amide bonds. The van der Waals surface area contributed by atoms with Gasteiger partial charge in [-0.15, -0.1) is 5.10 Å². The van der Waals surface area contributed by atoms with Gasteiger partial charge in [-0.05, 0) is 106 Å². The molecule has 3 atom stereocenters. The fourth-order valence-corrected chi connectivity index (χ4v) is 11.1. The van der Waals surface area contributed by atoms with Gasteiger partial charge in [0.2, 0.25) is 5.91 Å². The number of ether oxygens (including phenoxy) is 1. The van der Waals surface area contributed by atoms with Gasteiger partial charge in [0.05, 0.1) is 31.9 Å². The quantitative estimate of drug-likeness (QED) is 0.200. The molecular weight excluding hydrogens is 782 g/mol. The summed E-state index contributed by atoms with van der Waals surface area (Å²) >= 11 is 0. The van der Waals surface area contributed by atoms with Crippen molar-refractivity contribution in [3.8, 4) is 5.75 Å². The molecule has 0 radical (unpaired) electrons. The summed E-state index contributed by atoms with van der Waals surface area (Å²) < 4.78 is 81.2. The van der Waals surface area contributed by atoms with Gasteiger partial charge in [0, 0.05) is 70.1 Å². The Labute approximate surface area is 344 Å². The summed E-state index contributed by atoms with van der Waals surface area (Å²) in [6.07, 6.45) is 3.73. The van der Waals surface area contributed by atoms with E-state index in [1.54, 1.807) is 17.9 Å². The van der Waals surface area contributed by atoms with Crippen LogP contribution in [0.4, 0.5) is 27.7 Å². The predicted molar refractivity (Wildman–Crippen MR) is 215 cm³/mol. The molecule has 3 saturated heterocycles. The SMILES string of the molecule is C=C1CCC(N2Cc3c(ccc4c3OCC43CCN(CC4CCN(c5cc(F)c(C6c7ccc8c(cnn8F)c7C[C@@H](C)N6CC(F)F)c(F)c5)CC4)CC3)C2=O)C(=O)N1. The van der Waals surface area contributed by atoms with E-state index >= 15 is 8.78 Å². The number of benzene rings is 3. The Bertz CT molecular complexity index is 2380. The van der Waals surface area contributed by atoms with Crippen molar-refractivity contribution in [2.24, 2.45) is 5.92 Å². The van der Waals surface area contributed by atoms with Crippen LogP contribution in [0.3, 0.4) is 0 Å². The molecule has 60 heavy (non-hydrogen) atoms. The molecule has 6 aliphatic heterocycles. The van der Waals surface area contributed by atoms with Crippen molar-refractivity contribution in [3.05, 3.63) is 99.9 Å². The number of nitrogens with zero attached hydrogens (tertiary/aromatic N) is 6. The highest BCUT2D eigenvalue weighted by Crippen LogP contribution is 2.50. The number of hydrogen-bond acceptors (Lipinski definition) is 7. The normalized spacial score (nSPS) is 24.6. The van der Waals surface area contributed by atoms with E-state index in [0.717, 1.165) is 62.2 Å². The zero-order chi connectivity index (χ0) is 41.6. The Kier molecular flexibility index (Phi) is 9.69. The van der Waals surface area contributed by atoms with Gasteiger partial charge >= 0.3 is 0 Å². The standard InChI is InChI=1S/C45H48F5N7O3/c1-25-3-7-38(43(58)52-25)56-22-33-30(44(56)59)4-6-34-42(33)60-24-45(34)11-15-53(16-12-45)21-27-9-13-54(14-10-27)28-18-35(46)40(36(47)19-28)41-29-5-8-37-32(20-51-57(37)50)31(29)17-26(2)55(41)23-39(48)49/h4-6,8,18-20,26-27,38-39,41H,1,3,7,9-17,21-24H2,2H3,(H,52,58)/t26-,38?,41?/m1/s1. The van der Waals surface area contributed by atoms with E-state index in [4.69, 9.17) is 4.74 Å². The first kappa shape index (κ1) is 39.1. The molecule has 0 saturated carbocycles. The zero-order valence-corrected chi connectivity index (χ0v) is 33.5. The number of fused-ring (bicyclic) bond motifs is 7. The van der Waals surface area contributed by atoms with Crippen molar-refractivity contribution in [2.75, 3.05) is 50.8 Å². The van der Waals surface area contributed by atoms with Crippen molar-refractivity contribution in [1.82, 2.24) is 30.0 Å². The number of amides is 2. The average Bonchev–Trinajstić information content (AvgIpc) is 3.89. The van der Waals surface area contributed by atoms with Gasteiger partial charge in [0.25, 0.3) is 12.3 Å². The van der Waals surface area contributed by atoms with Crippen LogP contribution in [-0.2, 0) is 23.2 Å². The number of piperidine rings is 3. The van der Waals surface area contributed by atoms with Gasteiger partial charge in [-0.2, -0.15) is 0 Å². The van der Waals surface area contributed by atoms with E-state index in [1.165, 1.54) is 29.3 Å². The van der Waals surface area contributed by atoms with Gasteiger partial charge < -0.3 is 24.8 Å². The molecule has 6 aliphatic rings. The number of rotatable bonds is 7. The highest BCUT2D eigenvalue weighted by atomic mass is 19.3. The number of anilines is 1. The molecule has 10 rings (SSSR count). The van der Waals surface area contributed by atoms with Crippen LogP contribution in [0.25, 0.3) is 10.9 Å². The second kappa shape index (κ2) is 14.9. The molecule has 2 unspecified atom stereocenters. The lowest BCUT2D eigenvalue weighted by Crippen LogP contribution is -2.49. The molecule has 15 heteroatoms. The van der Waals surface area contributed by atoms with Gasteiger partial charge in [-0.1, -0.05) is 28.1 Å². The number of nitrogens with one attached hydrogen (secondary N) is 1. The Morgan fingerprint density at radius 3 is 2.47 bits per heavy atom. The molecule has 0 aliphatic carbocycles. The number of alkyl halides is 2. The van der Waals surface area contributed by atoms with Crippen LogP contribution >= 0.6 is 0 Å². The van der Waals surface area contributed by atoms with Crippen molar-refractivity contribution in [3.63, 3.8) is 0 Å². The van der Waals surface area contributed by atoms with Crippen LogP contribution in [0.5, 0.6) is 5.75 Å². The lowest BCUT2D eigenvalue weighted by molar-refractivity contribution is -0.126. The molecule has 1 spiro atoms. The summed E-state index contributed by atoms with van der Waals surface area (Å²) in [5.41, 5.74) is 4.70. The van der Waals surface area contributed by atoms with Crippen molar-refractivity contribution < 1.29 is 36.4 Å². The predicted octanol–water partition coefficient (Wildman–Crippen LogP) is 7.04. The topological polar surface area (TPSA) is 86.2 Å². The van der Waals surface area contributed by atoms with Crippen molar-refractivity contribution in [1.29, 1.82) is 0 Å². The molecule has 3 aromatic carbocycles. The molecule has 4 aromatic rings.